The summed E-state index contributed by atoms with van der Waals surface area (Å²) in [7, 11) is 3.94. The van der Waals surface area contributed by atoms with E-state index in [1.165, 1.54) is 23.9 Å². The largest absolute Gasteiger partial charge is 0.416 e. The number of allylic oxidation sites excluding steroid dienone is 1. The van der Waals surface area contributed by atoms with Gasteiger partial charge < -0.3 is 4.90 Å². The Morgan fingerprint density at radius 1 is 1.10 bits per heavy atom. The molecule has 0 radical (unpaired) electrons. The van der Waals surface area contributed by atoms with E-state index in [2.05, 4.69) is 16.8 Å². The third-order valence-electron chi connectivity index (χ3n) is 4.29. The molecule has 0 aliphatic carbocycles. The van der Waals surface area contributed by atoms with Crippen molar-refractivity contribution in [2.75, 3.05) is 19.0 Å². The molecule has 0 unspecified atom stereocenters. The second kappa shape index (κ2) is 8.73. The Kier molecular flexibility index (Phi) is 6.32. The summed E-state index contributed by atoms with van der Waals surface area (Å²) in [6.45, 7) is 4.29. The highest BCUT2D eigenvalue weighted by Crippen LogP contribution is 2.32. The summed E-state index contributed by atoms with van der Waals surface area (Å²) in [6, 6.07) is 13.3. The van der Waals surface area contributed by atoms with E-state index in [4.69, 9.17) is 0 Å². The van der Waals surface area contributed by atoms with E-state index in [1.54, 1.807) is 12.1 Å². The van der Waals surface area contributed by atoms with Gasteiger partial charge in [-0.25, -0.2) is 0 Å². The molecule has 8 heteroatoms. The van der Waals surface area contributed by atoms with Crippen molar-refractivity contribution in [1.29, 1.82) is 0 Å². The summed E-state index contributed by atoms with van der Waals surface area (Å²) in [4.78, 5) is 2.01. The van der Waals surface area contributed by atoms with Gasteiger partial charge in [0.2, 0.25) is 0 Å². The molecule has 0 atom stereocenters. The first kappa shape index (κ1) is 21.0. The molecule has 0 saturated carbocycles. The molecule has 152 valence electrons. The average Bonchev–Trinajstić information content (AvgIpc) is 3.09. The van der Waals surface area contributed by atoms with Crippen molar-refractivity contribution in [3.05, 3.63) is 72.3 Å². The zero-order valence-corrected chi connectivity index (χ0v) is 17.0. The van der Waals surface area contributed by atoms with E-state index in [0.29, 0.717) is 28.8 Å². The monoisotopic (exact) mass is 418 g/mol. The number of hydrogen-bond donors (Lipinski definition) is 0. The summed E-state index contributed by atoms with van der Waals surface area (Å²) in [5.74, 6) is 1.06. The minimum absolute atomic E-state index is 0.360. The Morgan fingerprint density at radius 3 is 2.45 bits per heavy atom. The van der Waals surface area contributed by atoms with Crippen molar-refractivity contribution in [3.8, 4) is 11.4 Å². The molecule has 3 rings (SSSR count). The van der Waals surface area contributed by atoms with Crippen LogP contribution in [0, 0.1) is 0 Å². The van der Waals surface area contributed by atoms with Gasteiger partial charge in [-0.3, -0.25) is 4.57 Å². The summed E-state index contributed by atoms with van der Waals surface area (Å²) in [5.41, 5.74) is 1.92. The number of anilines is 1. The van der Waals surface area contributed by atoms with Gasteiger partial charge in [0.15, 0.2) is 11.0 Å². The molecule has 4 nitrogen and oxygen atoms in total. The quantitative estimate of drug-likeness (QED) is 0.374. The lowest BCUT2D eigenvalue weighted by molar-refractivity contribution is -0.137. The summed E-state index contributed by atoms with van der Waals surface area (Å²) >= 11 is 1.35. The summed E-state index contributed by atoms with van der Waals surface area (Å²) < 4.78 is 40.7. The van der Waals surface area contributed by atoms with Crippen LogP contribution in [-0.4, -0.2) is 28.9 Å². The lowest BCUT2D eigenvalue weighted by atomic mass is 10.1. The Hall–Kier alpha value is -2.74. The van der Waals surface area contributed by atoms with Gasteiger partial charge in [-0.05, 0) is 35.9 Å². The zero-order valence-electron chi connectivity index (χ0n) is 16.1. The number of rotatable bonds is 7. The van der Waals surface area contributed by atoms with Gasteiger partial charge in [-0.2, -0.15) is 13.2 Å². The first-order valence-electron chi connectivity index (χ1n) is 8.90. The highest BCUT2D eigenvalue weighted by atomic mass is 32.2. The van der Waals surface area contributed by atoms with E-state index < -0.39 is 11.7 Å². The van der Waals surface area contributed by atoms with Crippen LogP contribution in [0.25, 0.3) is 11.4 Å². The number of nitrogens with zero attached hydrogens (tertiary/aromatic N) is 4. The molecule has 0 aliphatic rings. The number of halogens is 3. The molecule has 1 aromatic heterocycles. The van der Waals surface area contributed by atoms with Crippen molar-refractivity contribution in [2.24, 2.45) is 0 Å². The molecular formula is C21H21F3N4S. The number of benzene rings is 2. The molecule has 0 amide bonds. The van der Waals surface area contributed by atoms with Gasteiger partial charge in [-0.1, -0.05) is 36.0 Å². The number of aromatic nitrogens is 3. The molecule has 3 aromatic rings. The van der Waals surface area contributed by atoms with Crippen LogP contribution in [0.5, 0.6) is 0 Å². The predicted molar refractivity (Wildman–Crippen MR) is 111 cm³/mol. The molecule has 2 aromatic carbocycles. The van der Waals surface area contributed by atoms with Crippen LogP contribution in [0.4, 0.5) is 18.9 Å². The highest BCUT2D eigenvalue weighted by molar-refractivity contribution is 7.98. The van der Waals surface area contributed by atoms with E-state index >= 15 is 0 Å². The molecule has 0 fully saturated rings. The smallest absolute Gasteiger partial charge is 0.378 e. The van der Waals surface area contributed by atoms with Crippen molar-refractivity contribution < 1.29 is 13.2 Å². The van der Waals surface area contributed by atoms with E-state index in [1.807, 2.05) is 47.8 Å². The first-order valence-corrected chi connectivity index (χ1v) is 9.89. The van der Waals surface area contributed by atoms with E-state index in [9.17, 15) is 13.2 Å². The summed E-state index contributed by atoms with van der Waals surface area (Å²) in [6.07, 6.45) is -2.61. The Morgan fingerprint density at radius 2 is 1.83 bits per heavy atom. The Balaban J connectivity index is 1.83. The van der Waals surface area contributed by atoms with E-state index in [0.717, 1.165) is 17.3 Å². The van der Waals surface area contributed by atoms with Crippen LogP contribution >= 0.6 is 11.8 Å². The van der Waals surface area contributed by atoms with Crippen LogP contribution < -0.4 is 4.90 Å². The standard InChI is InChI=1S/C21H21F3N4S/c1-4-12-28-19(16-8-10-18(11-9-16)27(2)3)25-26-20(28)29-14-15-6-5-7-17(13-15)21(22,23)24/h4-11,13H,1,12,14H2,2-3H3. The predicted octanol–water partition coefficient (Wildman–Crippen LogP) is 5.51. The van der Waals surface area contributed by atoms with Gasteiger partial charge in [0, 0.05) is 37.6 Å². The first-order chi connectivity index (χ1) is 13.8. The minimum Gasteiger partial charge on any atom is -0.378 e. The normalized spacial score (nSPS) is 11.5. The third-order valence-corrected chi connectivity index (χ3v) is 5.33. The maximum absolute atomic E-state index is 12.9. The fourth-order valence-electron chi connectivity index (χ4n) is 2.80. The van der Waals surface area contributed by atoms with Crippen LogP contribution in [0.2, 0.25) is 0 Å². The molecule has 29 heavy (non-hydrogen) atoms. The van der Waals surface area contributed by atoms with Gasteiger partial charge in [0.25, 0.3) is 0 Å². The fourth-order valence-corrected chi connectivity index (χ4v) is 3.69. The van der Waals surface area contributed by atoms with Crippen molar-refractivity contribution in [2.45, 2.75) is 23.6 Å². The zero-order chi connectivity index (χ0) is 21.0. The highest BCUT2D eigenvalue weighted by Gasteiger charge is 2.30. The van der Waals surface area contributed by atoms with Gasteiger partial charge in [0.1, 0.15) is 0 Å². The fraction of sp³-hybridized carbons (Fsp3) is 0.238. The van der Waals surface area contributed by atoms with Crippen molar-refractivity contribution in [1.82, 2.24) is 14.8 Å². The Labute approximate surface area is 172 Å². The van der Waals surface area contributed by atoms with Crippen LogP contribution in [0.3, 0.4) is 0 Å². The molecule has 0 aliphatic heterocycles. The van der Waals surface area contributed by atoms with Gasteiger partial charge in [0.05, 0.1) is 5.56 Å². The maximum Gasteiger partial charge on any atom is 0.416 e. The van der Waals surface area contributed by atoms with Crippen LogP contribution in [-0.2, 0) is 18.5 Å². The third kappa shape index (κ3) is 5.00. The van der Waals surface area contributed by atoms with Crippen molar-refractivity contribution in [3.63, 3.8) is 0 Å². The lowest BCUT2D eigenvalue weighted by Gasteiger charge is -2.13. The number of alkyl halides is 3. The molecule has 1 heterocycles. The van der Waals surface area contributed by atoms with Gasteiger partial charge >= 0.3 is 6.18 Å². The topological polar surface area (TPSA) is 34.0 Å². The average molecular weight is 418 g/mol. The molecule has 0 saturated heterocycles. The second-order valence-electron chi connectivity index (χ2n) is 6.63. The van der Waals surface area contributed by atoms with E-state index in [-0.39, 0.29) is 0 Å². The maximum atomic E-state index is 12.9. The molecule has 0 N–H and O–H groups in total. The SMILES string of the molecule is C=CCn1c(SCc2cccc(C(F)(F)F)c2)nnc1-c1ccc(N(C)C)cc1. The van der Waals surface area contributed by atoms with Crippen LogP contribution in [0.15, 0.2) is 66.3 Å². The Bertz CT molecular complexity index is 978. The number of hydrogen-bond acceptors (Lipinski definition) is 4. The van der Waals surface area contributed by atoms with Crippen LogP contribution in [0.1, 0.15) is 11.1 Å². The summed E-state index contributed by atoms with van der Waals surface area (Å²) in [5, 5.41) is 9.18. The molecule has 0 bridgehead atoms. The lowest BCUT2D eigenvalue weighted by Crippen LogP contribution is -2.08. The second-order valence-corrected chi connectivity index (χ2v) is 7.58. The van der Waals surface area contributed by atoms with Gasteiger partial charge in [-0.15, -0.1) is 16.8 Å². The van der Waals surface area contributed by atoms with Crippen molar-refractivity contribution >= 4 is 17.4 Å². The minimum atomic E-state index is -4.35. The number of thioether (sulfide) groups is 1. The molecule has 0 spiro atoms. The molecular weight excluding hydrogens is 397 g/mol.